The van der Waals surface area contributed by atoms with Gasteiger partial charge in [0.2, 0.25) is 17.7 Å². The molecular weight excluding hydrogens is 494 g/mol. The molecule has 1 aromatic carbocycles. The number of aliphatic hydroxyl groups is 1. The summed E-state index contributed by atoms with van der Waals surface area (Å²) < 4.78 is 0. The first-order valence-electron chi connectivity index (χ1n) is 12.1. The maximum Gasteiger partial charge on any atom is 0.326 e. The molecule has 0 aliphatic rings. The van der Waals surface area contributed by atoms with Crippen LogP contribution in [0.4, 0.5) is 0 Å². The lowest BCUT2D eigenvalue weighted by atomic mass is 10.0. The van der Waals surface area contributed by atoms with Crippen LogP contribution in [0.5, 0.6) is 0 Å². The normalized spacial score (nSPS) is 14.4. The summed E-state index contributed by atoms with van der Waals surface area (Å²) in [5, 5.41) is 27.6. The number of imidazole rings is 1. The van der Waals surface area contributed by atoms with Crippen LogP contribution in [0.3, 0.4) is 0 Å². The Bertz CT molecular complexity index is 1260. The fraction of sp³-hybridized carbons (Fsp3) is 0.400. The predicted molar refractivity (Wildman–Crippen MR) is 138 cm³/mol. The maximum atomic E-state index is 13.2. The smallest absolute Gasteiger partial charge is 0.326 e. The molecule has 2 heterocycles. The molecule has 4 atom stereocenters. The Morgan fingerprint density at radius 2 is 1.66 bits per heavy atom. The fourth-order valence-electron chi connectivity index (χ4n) is 3.97. The van der Waals surface area contributed by atoms with E-state index in [-0.39, 0.29) is 12.8 Å². The number of aliphatic carboxylic acids is 1. The number of para-hydroxylation sites is 1. The molecular formula is C25H33N7O6. The van der Waals surface area contributed by atoms with Crippen LogP contribution in [0.25, 0.3) is 10.9 Å². The summed E-state index contributed by atoms with van der Waals surface area (Å²) in [5.41, 5.74) is 8.07. The van der Waals surface area contributed by atoms with Crippen molar-refractivity contribution in [3.63, 3.8) is 0 Å². The van der Waals surface area contributed by atoms with Crippen molar-refractivity contribution < 1.29 is 29.4 Å². The Morgan fingerprint density at radius 1 is 0.974 bits per heavy atom. The van der Waals surface area contributed by atoms with Gasteiger partial charge in [-0.15, -0.1) is 0 Å². The Kier molecular flexibility index (Phi) is 9.57. The van der Waals surface area contributed by atoms with Crippen LogP contribution in [-0.4, -0.2) is 79.6 Å². The largest absolute Gasteiger partial charge is 0.480 e. The van der Waals surface area contributed by atoms with Gasteiger partial charge >= 0.3 is 5.97 Å². The number of H-pyrrole nitrogens is 2. The molecule has 3 aromatic rings. The molecule has 4 unspecified atom stereocenters. The number of carboxylic acids is 1. The quantitative estimate of drug-likeness (QED) is 0.140. The Hall–Kier alpha value is -4.23. The number of amides is 3. The second kappa shape index (κ2) is 12.8. The summed E-state index contributed by atoms with van der Waals surface area (Å²) >= 11 is 0. The van der Waals surface area contributed by atoms with Gasteiger partial charge in [-0.1, -0.05) is 32.0 Å². The molecule has 0 aliphatic heterocycles. The van der Waals surface area contributed by atoms with E-state index in [2.05, 4.69) is 30.9 Å². The van der Waals surface area contributed by atoms with Crippen molar-refractivity contribution in [2.45, 2.75) is 50.9 Å². The van der Waals surface area contributed by atoms with Crippen LogP contribution in [-0.2, 0) is 32.0 Å². The number of carbonyl (C=O) groups is 4. The second-order valence-electron chi connectivity index (χ2n) is 9.32. The van der Waals surface area contributed by atoms with Gasteiger partial charge in [0.05, 0.1) is 19.0 Å². The lowest BCUT2D eigenvalue weighted by Gasteiger charge is -2.25. The lowest BCUT2D eigenvalue weighted by Crippen LogP contribution is -2.59. The Labute approximate surface area is 218 Å². The Balaban J connectivity index is 1.76. The summed E-state index contributed by atoms with van der Waals surface area (Å²) in [6, 6.07) is 2.58. The van der Waals surface area contributed by atoms with Gasteiger partial charge in [0.15, 0.2) is 0 Å². The van der Waals surface area contributed by atoms with E-state index in [9.17, 15) is 29.4 Å². The first-order valence-corrected chi connectivity index (χ1v) is 12.1. The van der Waals surface area contributed by atoms with Crippen molar-refractivity contribution in [1.82, 2.24) is 30.9 Å². The molecule has 0 fully saturated rings. The average molecular weight is 528 g/mol. The number of fused-ring (bicyclic) bond motifs is 1. The summed E-state index contributed by atoms with van der Waals surface area (Å²) in [4.78, 5) is 60.3. The minimum absolute atomic E-state index is 0.0253. The fourth-order valence-corrected chi connectivity index (χ4v) is 3.97. The molecule has 0 saturated heterocycles. The highest BCUT2D eigenvalue weighted by Gasteiger charge is 2.31. The number of nitrogens with one attached hydrogen (secondary N) is 5. The van der Waals surface area contributed by atoms with Crippen LogP contribution >= 0.6 is 0 Å². The van der Waals surface area contributed by atoms with Crippen molar-refractivity contribution in [2.75, 3.05) is 6.61 Å². The zero-order valence-corrected chi connectivity index (χ0v) is 21.1. The molecule has 9 N–H and O–H groups in total. The van der Waals surface area contributed by atoms with E-state index in [4.69, 9.17) is 5.73 Å². The van der Waals surface area contributed by atoms with E-state index in [1.807, 2.05) is 24.3 Å². The summed E-state index contributed by atoms with van der Waals surface area (Å²) in [6.07, 6.45) is 4.81. The number of nitrogens with zero attached hydrogens (tertiary/aromatic N) is 1. The summed E-state index contributed by atoms with van der Waals surface area (Å²) in [5.74, 6) is -3.86. The number of hydrogen-bond donors (Lipinski definition) is 8. The van der Waals surface area contributed by atoms with Gasteiger partial charge in [-0.05, 0) is 17.5 Å². The number of rotatable bonds is 13. The van der Waals surface area contributed by atoms with Crippen molar-refractivity contribution in [3.05, 3.63) is 54.2 Å². The first kappa shape index (κ1) is 28.3. The van der Waals surface area contributed by atoms with E-state index in [0.717, 1.165) is 10.9 Å². The number of carboxylic acid groups (broad SMARTS) is 1. The van der Waals surface area contributed by atoms with E-state index >= 15 is 0 Å². The monoisotopic (exact) mass is 527 g/mol. The number of aliphatic hydroxyl groups excluding tert-OH is 1. The summed E-state index contributed by atoms with van der Waals surface area (Å²) in [6.45, 7) is 2.55. The third kappa shape index (κ3) is 7.17. The molecule has 13 nitrogen and oxygen atoms in total. The van der Waals surface area contributed by atoms with E-state index < -0.39 is 60.4 Å². The molecule has 0 saturated carbocycles. The van der Waals surface area contributed by atoms with Gasteiger partial charge in [-0.3, -0.25) is 14.4 Å². The van der Waals surface area contributed by atoms with Crippen LogP contribution in [0, 0.1) is 5.92 Å². The molecule has 13 heteroatoms. The number of nitrogens with two attached hydrogens (primary N) is 1. The first-order chi connectivity index (χ1) is 18.1. The van der Waals surface area contributed by atoms with Gasteiger partial charge in [0.1, 0.15) is 18.1 Å². The lowest BCUT2D eigenvalue weighted by molar-refractivity contribution is -0.143. The molecule has 0 spiro atoms. The highest BCUT2D eigenvalue weighted by molar-refractivity contribution is 5.95. The summed E-state index contributed by atoms with van der Waals surface area (Å²) in [7, 11) is 0. The van der Waals surface area contributed by atoms with E-state index in [1.54, 1.807) is 20.0 Å². The number of aromatic nitrogens is 3. The third-order valence-electron chi connectivity index (χ3n) is 6.11. The van der Waals surface area contributed by atoms with Crippen molar-refractivity contribution in [1.29, 1.82) is 0 Å². The van der Waals surface area contributed by atoms with Gasteiger partial charge in [-0.2, -0.15) is 0 Å². The van der Waals surface area contributed by atoms with Crippen molar-refractivity contribution >= 4 is 34.6 Å². The molecule has 0 bridgehead atoms. The Morgan fingerprint density at radius 3 is 2.29 bits per heavy atom. The van der Waals surface area contributed by atoms with Gasteiger partial charge in [0, 0.05) is 41.8 Å². The molecule has 3 rings (SSSR count). The number of benzene rings is 1. The number of aromatic amines is 2. The molecule has 0 aliphatic carbocycles. The highest BCUT2D eigenvalue weighted by atomic mass is 16.4. The zero-order valence-electron chi connectivity index (χ0n) is 21.1. The SMILES string of the molecule is CC(C)C(NC(=O)C(Cc1c[nH]c2ccccc12)NC(=O)C(CO)NC(=O)C(N)Cc1cnc[nH]1)C(=O)O. The molecule has 38 heavy (non-hydrogen) atoms. The maximum absolute atomic E-state index is 13.2. The van der Waals surface area contributed by atoms with Crippen molar-refractivity contribution in [2.24, 2.45) is 11.7 Å². The third-order valence-corrected chi connectivity index (χ3v) is 6.11. The molecule has 0 radical (unpaired) electrons. The standard InChI is InChI=1S/C25H33N7O6/c1-13(2)21(25(37)38)32-23(35)19(7-14-9-28-18-6-4-3-5-16(14)18)30-24(36)20(11-33)31-22(34)17(26)8-15-10-27-12-29-15/h3-6,9-10,12-13,17,19-21,28,33H,7-8,11,26H2,1-2H3,(H,27,29)(H,30,36)(H,31,34)(H,32,35)(H,37,38). The predicted octanol–water partition coefficient (Wildman–Crippen LogP) is -0.809. The van der Waals surface area contributed by atoms with Gasteiger partial charge < -0.3 is 41.9 Å². The molecule has 3 amide bonds. The van der Waals surface area contributed by atoms with Crippen LogP contribution in [0.2, 0.25) is 0 Å². The van der Waals surface area contributed by atoms with Gasteiger partial charge in [-0.25, -0.2) is 9.78 Å². The molecule has 2 aromatic heterocycles. The topological polar surface area (TPSA) is 215 Å². The van der Waals surface area contributed by atoms with E-state index in [0.29, 0.717) is 11.3 Å². The minimum Gasteiger partial charge on any atom is -0.480 e. The van der Waals surface area contributed by atoms with Gasteiger partial charge in [0.25, 0.3) is 0 Å². The zero-order chi connectivity index (χ0) is 27.8. The number of hydrogen-bond acceptors (Lipinski definition) is 7. The second-order valence-corrected chi connectivity index (χ2v) is 9.32. The average Bonchev–Trinajstić information content (AvgIpc) is 3.54. The number of carbonyl (C=O) groups excluding carboxylic acids is 3. The highest BCUT2D eigenvalue weighted by Crippen LogP contribution is 2.19. The van der Waals surface area contributed by atoms with Crippen molar-refractivity contribution in [3.8, 4) is 0 Å². The van der Waals surface area contributed by atoms with Crippen LogP contribution in [0.1, 0.15) is 25.1 Å². The van der Waals surface area contributed by atoms with Crippen LogP contribution in [0.15, 0.2) is 43.0 Å². The van der Waals surface area contributed by atoms with E-state index in [1.165, 1.54) is 12.5 Å². The van der Waals surface area contributed by atoms with Crippen LogP contribution < -0.4 is 21.7 Å². The molecule has 204 valence electrons. The minimum atomic E-state index is -1.39.